The second-order valence-electron chi connectivity index (χ2n) is 8.03. The highest BCUT2D eigenvalue weighted by atomic mass is 35.5. The minimum atomic E-state index is -0.206. The van der Waals surface area contributed by atoms with E-state index in [1.807, 2.05) is 30.5 Å². The van der Waals surface area contributed by atoms with E-state index >= 15 is 0 Å². The van der Waals surface area contributed by atoms with Crippen molar-refractivity contribution in [1.29, 1.82) is 0 Å². The Morgan fingerprint density at radius 1 is 1.16 bits per heavy atom. The average molecular weight is 454 g/mol. The Labute approximate surface area is 189 Å². The van der Waals surface area contributed by atoms with Crippen LogP contribution >= 0.6 is 23.4 Å². The van der Waals surface area contributed by atoms with E-state index in [1.54, 1.807) is 16.3 Å². The van der Waals surface area contributed by atoms with Gasteiger partial charge in [0.15, 0.2) is 0 Å². The molecule has 3 heterocycles. The Hall–Kier alpha value is -2.48. The fourth-order valence-corrected chi connectivity index (χ4v) is 5.08. The van der Waals surface area contributed by atoms with Gasteiger partial charge in [-0.1, -0.05) is 23.7 Å². The standard InChI is InChI=1S/C23H24ClN5OS/c1-31-16-6-7-17-19(11-16)26-22(25)20-21(17)29(23(30)27-20)12-14-4-5-15(18(24)10-14)13-28-8-2-3-9-28/h4-7,10-11H,2-3,8-9,12-13H2,1H3,(H2,25,26)(H,27,30). The van der Waals surface area contributed by atoms with Crippen LogP contribution in [0, 0.1) is 0 Å². The van der Waals surface area contributed by atoms with Crippen LogP contribution in [-0.4, -0.2) is 38.8 Å². The predicted octanol–water partition coefficient (Wildman–Crippen LogP) is 4.48. The summed E-state index contributed by atoms with van der Waals surface area (Å²) >= 11 is 8.25. The first kappa shape index (κ1) is 20.4. The lowest BCUT2D eigenvalue weighted by atomic mass is 10.1. The van der Waals surface area contributed by atoms with E-state index in [2.05, 4.69) is 27.0 Å². The summed E-state index contributed by atoms with van der Waals surface area (Å²) in [6.07, 6.45) is 4.53. The Kier molecular flexibility index (Phi) is 5.42. The molecular weight excluding hydrogens is 430 g/mol. The van der Waals surface area contributed by atoms with Crippen LogP contribution in [0.1, 0.15) is 24.0 Å². The number of nitrogens with zero attached hydrogens (tertiary/aromatic N) is 3. The van der Waals surface area contributed by atoms with Crippen LogP contribution in [0.3, 0.4) is 0 Å². The van der Waals surface area contributed by atoms with Crippen molar-refractivity contribution in [3.8, 4) is 0 Å². The largest absolute Gasteiger partial charge is 0.382 e. The molecule has 2 aromatic carbocycles. The van der Waals surface area contributed by atoms with E-state index in [0.717, 1.165) is 57.1 Å². The number of imidazole rings is 1. The quantitative estimate of drug-likeness (QED) is 0.435. The number of aromatic nitrogens is 3. The van der Waals surface area contributed by atoms with Crippen molar-refractivity contribution < 1.29 is 0 Å². The fourth-order valence-electron chi connectivity index (χ4n) is 4.38. The number of fused-ring (bicyclic) bond motifs is 3. The summed E-state index contributed by atoms with van der Waals surface area (Å²) in [4.78, 5) is 23.7. The van der Waals surface area contributed by atoms with Crippen LogP contribution in [0.2, 0.25) is 5.02 Å². The van der Waals surface area contributed by atoms with E-state index < -0.39 is 0 Å². The molecule has 0 amide bonds. The summed E-state index contributed by atoms with van der Waals surface area (Å²) in [7, 11) is 0. The van der Waals surface area contributed by atoms with Crippen molar-refractivity contribution in [3.63, 3.8) is 0 Å². The number of nitrogens with two attached hydrogens (primary N) is 1. The molecule has 8 heteroatoms. The normalized spacial score (nSPS) is 14.8. The van der Waals surface area contributed by atoms with Crippen molar-refractivity contribution in [3.05, 3.63) is 63.0 Å². The zero-order valence-corrected chi connectivity index (χ0v) is 18.9. The first-order valence-corrected chi connectivity index (χ1v) is 12.0. The van der Waals surface area contributed by atoms with Gasteiger partial charge in [0.25, 0.3) is 0 Å². The van der Waals surface area contributed by atoms with Crippen LogP contribution in [0.4, 0.5) is 5.82 Å². The number of nitrogens with one attached hydrogen (secondary N) is 1. The van der Waals surface area contributed by atoms with Gasteiger partial charge in [-0.25, -0.2) is 9.78 Å². The van der Waals surface area contributed by atoms with Crippen LogP contribution in [0.25, 0.3) is 21.9 Å². The van der Waals surface area contributed by atoms with Gasteiger partial charge in [-0.3, -0.25) is 9.47 Å². The second-order valence-corrected chi connectivity index (χ2v) is 9.32. The molecule has 0 saturated carbocycles. The van der Waals surface area contributed by atoms with E-state index in [1.165, 1.54) is 12.8 Å². The number of rotatable bonds is 5. The van der Waals surface area contributed by atoms with E-state index in [0.29, 0.717) is 17.9 Å². The van der Waals surface area contributed by atoms with Gasteiger partial charge in [0.05, 0.1) is 17.6 Å². The molecule has 0 aliphatic carbocycles. The molecule has 1 aliphatic rings. The number of benzene rings is 2. The maximum absolute atomic E-state index is 12.8. The number of likely N-dealkylation sites (tertiary alicyclic amines) is 1. The highest BCUT2D eigenvalue weighted by molar-refractivity contribution is 7.98. The van der Waals surface area contributed by atoms with Gasteiger partial charge >= 0.3 is 5.69 Å². The van der Waals surface area contributed by atoms with E-state index in [9.17, 15) is 4.79 Å². The van der Waals surface area contributed by atoms with Gasteiger partial charge in [0, 0.05) is 21.8 Å². The zero-order valence-electron chi connectivity index (χ0n) is 17.3. The summed E-state index contributed by atoms with van der Waals surface area (Å²) in [6, 6.07) is 12.1. The third-order valence-electron chi connectivity index (χ3n) is 5.99. The van der Waals surface area contributed by atoms with Crippen LogP contribution in [-0.2, 0) is 13.1 Å². The molecule has 2 aromatic heterocycles. The number of anilines is 1. The fraction of sp³-hybridized carbons (Fsp3) is 0.304. The molecule has 1 aliphatic heterocycles. The number of hydrogen-bond donors (Lipinski definition) is 2. The van der Waals surface area contributed by atoms with Crippen LogP contribution < -0.4 is 11.4 Å². The molecule has 0 unspecified atom stereocenters. The molecule has 1 fully saturated rings. The lowest BCUT2D eigenvalue weighted by Crippen LogP contribution is -2.19. The summed E-state index contributed by atoms with van der Waals surface area (Å²) in [5.41, 5.74) is 10.2. The first-order chi connectivity index (χ1) is 15.0. The molecule has 3 N–H and O–H groups in total. The predicted molar refractivity (Wildman–Crippen MR) is 129 cm³/mol. The number of thioether (sulfide) groups is 1. The number of hydrogen-bond acceptors (Lipinski definition) is 5. The van der Waals surface area contributed by atoms with Crippen LogP contribution in [0.5, 0.6) is 0 Å². The Balaban J connectivity index is 1.55. The molecule has 31 heavy (non-hydrogen) atoms. The third kappa shape index (κ3) is 3.82. The number of nitrogen functional groups attached to an aromatic ring is 1. The first-order valence-electron chi connectivity index (χ1n) is 10.4. The molecule has 0 bridgehead atoms. The van der Waals surface area contributed by atoms with Gasteiger partial charge in [0.2, 0.25) is 0 Å². The summed E-state index contributed by atoms with van der Waals surface area (Å²) in [6.45, 7) is 3.54. The topological polar surface area (TPSA) is 79.9 Å². The Morgan fingerprint density at radius 2 is 1.97 bits per heavy atom. The number of aromatic amines is 1. The number of halogens is 1. The molecular formula is C23H24ClN5OS. The Bertz CT molecular complexity index is 1340. The van der Waals surface area contributed by atoms with E-state index in [-0.39, 0.29) is 5.69 Å². The molecule has 0 spiro atoms. The molecule has 1 saturated heterocycles. The van der Waals surface area contributed by atoms with Crippen LogP contribution in [0.15, 0.2) is 46.1 Å². The van der Waals surface area contributed by atoms with Gasteiger partial charge in [-0.15, -0.1) is 11.8 Å². The third-order valence-corrected chi connectivity index (χ3v) is 7.07. The highest BCUT2D eigenvalue weighted by Gasteiger charge is 2.17. The molecule has 160 valence electrons. The Morgan fingerprint density at radius 3 is 2.71 bits per heavy atom. The minimum Gasteiger partial charge on any atom is -0.382 e. The molecule has 4 aromatic rings. The molecule has 5 rings (SSSR count). The van der Waals surface area contributed by atoms with Gasteiger partial charge in [-0.2, -0.15) is 0 Å². The maximum atomic E-state index is 12.8. The number of pyridine rings is 1. The smallest absolute Gasteiger partial charge is 0.326 e. The second kappa shape index (κ2) is 8.22. The number of H-pyrrole nitrogens is 1. The monoisotopic (exact) mass is 453 g/mol. The lowest BCUT2D eigenvalue weighted by Gasteiger charge is -2.16. The highest BCUT2D eigenvalue weighted by Crippen LogP contribution is 2.29. The molecule has 6 nitrogen and oxygen atoms in total. The molecule has 0 atom stereocenters. The van der Waals surface area contributed by atoms with E-state index in [4.69, 9.17) is 17.3 Å². The van der Waals surface area contributed by atoms with Crippen molar-refractivity contribution in [1.82, 2.24) is 19.4 Å². The lowest BCUT2D eigenvalue weighted by molar-refractivity contribution is 0.331. The average Bonchev–Trinajstić information content (AvgIpc) is 3.38. The van der Waals surface area contributed by atoms with Crippen molar-refractivity contribution >= 4 is 51.1 Å². The van der Waals surface area contributed by atoms with Crippen molar-refractivity contribution in [2.75, 3.05) is 25.1 Å². The van der Waals surface area contributed by atoms with Gasteiger partial charge < -0.3 is 10.7 Å². The summed E-state index contributed by atoms with van der Waals surface area (Å²) < 4.78 is 1.72. The minimum absolute atomic E-state index is 0.206. The van der Waals surface area contributed by atoms with Gasteiger partial charge in [-0.05, 0) is 67.6 Å². The summed E-state index contributed by atoms with van der Waals surface area (Å²) in [5.74, 6) is 0.329. The zero-order chi connectivity index (χ0) is 21.5. The maximum Gasteiger partial charge on any atom is 0.326 e. The van der Waals surface area contributed by atoms with Crippen molar-refractivity contribution in [2.24, 2.45) is 0 Å². The molecule has 0 radical (unpaired) electrons. The summed E-state index contributed by atoms with van der Waals surface area (Å²) in [5, 5.41) is 1.64. The van der Waals surface area contributed by atoms with Crippen molar-refractivity contribution in [2.45, 2.75) is 30.8 Å². The van der Waals surface area contributed by atoms with Gasteiger partial charge in [0.1, 0.15) is 11.3 Å². The SMILES string of the molecule is CSc1ccc2c(c1)nc(N)c1[nH]c(=O)n(Cc3ccc(CN4CCCC4)c(Cl)c3)c12.